The van der Waals surface area contributed by atoms with E-state index in [1.165, 1.54) is 12.0 Å². The summed E-state index contributed by atoms with van der Waals surface area (Å²) < 4.78 is 13.3. The topological polar surface area (TPSA) is 52.4 Å². The summed E-state index contributed by atoms with van der Waals surface area (Å²) in [6.07, 6.45) is 4.31. The summed E-state index contributed by atoms with van der Waals surface area (Å²) in [5, 5.41) is 8.23. The molecule has 1 unspecified atom stereocenters. The third kappa shape index (κ3) is 2.43. The Balaban J connectivity index is 1.61. The lowest BCUT2D eigenvalue weighted by Gasteiger charge is -2.28. The molecule has 0 bridgehead atoms. The zero-order valence-corrected chi connectivity index (χ0v) is 12.7. The molecule has 0 radical (unpaired) electrons. The number of fused-ring (bicyclic) bond motifs is 1. The number of rotatable bonds is 3. The van der Waals surface area contributed by atoms with Crippen LogP contribution in [0, 0.1) is 0 Å². The molecule has 4 rings (SSSR count). The molecule has 0 spiro atoms. The number of nitrogens with zero attached hydrogens (tertiary/aromatic N) is 4. The van der Waals surface area contributed by atoms with Crippen molar-refractivity contribution in [3.05, 3.63) is 35.7 Å². The van der Waals surface area contributed by atoms with Crippen molar-refractivity contribution >= 4 is 0 Å². The van der Waals surface area contributed by atoms with Crippen molar-refractivity contribution in [3.8, 4) is 11.5 Å². The molecule has 6 heteroatoms. The van der Waals surface area contributed by atoms with Gasteiger partial charge in [0.1, 0.15) is 13.2 Å². The van der Waals surface area contributed by atoms with E-state index < -0.39 is 0 Å². The van der Waals surface area contributed by atoms with Crippen LogP contribution in [0.25, 0.3) is 0 Å². The van der Waals surface area contributed by atoms with E-state index in [1.807, 2.05) is 19.3 Å². The highest BCUT2D eigenvalue weighted by molar-refractivity contribution is 5.49. The molecule has 1 aromatic heterocycles. The van der Waals surface area contributed by atoms with Gasteiger partial charge in [0, 0.05) is 31.4 Å². The number of para-hydroxylation sites is 1. The first-order valence-corrected chi connectivity index (χ1v) is 7.79. The zero-order chi connectivity index (χ0) is 14.9. The highest BCUT2D eigenvalue weighted by Crippen LogP contribution is 2.43. The predicted molar refractivity (Wildman–Crippen MR) is 80.8 cm³/mol. The molecule has 2 aliphatic rings. The van der Waals surface area contributed by atoms with Gasteiger partial charge < -0.3 is 9.47 Å². The maximum absolute atomic E-state index is 5.89. The highest BCUT2D eigenvalue weighted by Gasteiger charge is 2.30. The molecular weight excluding hydrogens is 280 g/mol. The summed E-state index contributed by atoms with van der Waals surface area (Å²) in [4.78, 5) is 2.46. The molecule has 0 amide bonds. The first kappa shape index (κ1) is 13.6. The molecule has 0 N–H and O–H groups in total. The van der Waals surface area contributed by atoms with E-state index >= 15 is 0 Å². The minimum absolute atomic E-state index is 0.360. The second-order valence-electron chi connectivity index (χ2n) is 5.88. The average Bonchev–Trinajstić information content (AvgIpc) is 3.16. The molecule has 0 saturated carbocycles. The molecule has 0 aliphatic carbocycles. The third-order valence-corrected chi connectivity index (χ3v) is 4.33. The maximum atomic E-state index is 5.89. The van der Waals surface area contributed by atoms with Crippen molar-refractivity contribution in [3.63, 3.8) is 0 Å². The summed E-state index contributed by atoms with van der Waals surface area (Å²) in [5.41, 5.74) is 2.25. The molecule has 116 valence electrons. The Labute approximate surface area is 129 Å². The number of benzene rings is 1. The molecule has 22 heavy (non-hydrogen) atoms. The summed E-state index contributed by atoms with van der Waals surface area (Å²) in [6, 6.07) is 6.56. The monoisotopic (exact) mass is 300 g/mol. The Bertz CT molecular complexity index is 670. The lowest BCUT2D eigenvalue weighted by Crippen LogP contribution is -2.25. The standard InChI is InChI=1S/C16H20N4O2/c1-19-10-12(17-18-19)11-20-7-3-5-14(20)13-4-2-6-15-16(13)22-9-8-21-15/h2,4,6,10,14H,3,5,7-9,11H2,1H3. The van der Waals surface area contributed by atoms with Crippen molar-refractivity contribution in [2.75, 3.05) is 19.8 Å². The number of aryl methyl sites for hydroxylation is 1. The zero-order valence-electron chi connectivity index (χ0n) is 12.7. The summed E-state index contributed by atoms with van der Waals surface area (Å²) >= 11 is 0. The molecule has 1 saturated heterocycles. The SMILES string of the molecule is Cn1cc(CN2CCCC2c2cccc3c2OCCO3)nn1. The van der Waals surface area contributed by atoms with Crippen molar-refractivity contribution in [2.45, 2.75) is 25.4 Å². The van der Waals surface area contributed by atoms with E-state index in [4.69, 9.17) is 9.47 Å². The summed E-state index contributed by atoms with van der Waals surface area (Å²) in [5.74, 6) is 1.79. The van der Waals surface area contributed by atoms with Crippen LogP contribution in [0.15, 0.2) is 24.4 Å². The minimum atomic E-state index is 0.360. The number of ether oxygens (including phenoxy) is 2. The Morgan fingerprint density at radius 3 is 3.05 bits per heavy atom. The smallest absolute Gasteiger partial charge is 0.166 e. The van der Waals surface area contributed by atoms with Gasteiger partial charge in [0.15, 0.2) is 11.5 Å². The van der Waals surface area contributed by atoms with Gasteiger partial charge >= 0.3 is 0 Å². The van der Waals surface area contributed by atoms with E-state index in [0.717, 1.165) is 36.7 Å². The number of likely N-dealkylation sites (tertiary alicyclic amines) is 1. The Kier molecular flexibility index (Phi) is 3.46. The van der Waals surface area contributed by atoms with Gasteiger partial charge in [-0.2, -0.15) is 0 Å². The fraction of sp³-hybridized carbons (Fsp3) is 0.500. The van der Waals surface area contributed by atoms with Gasteiger partial charge in [0.2, 0.25) is 0 Å². The van der Waals surface area contributed by atoms with Crippen LogP contribution in [0.4, 0.5) is 0 Å². The molecular formula is C16H20N4O2. The number of hydrogen-bond donors (Lipinski definition) is 0. The lowest BCUT2D eigenvalue weighted by atomic mass is 10.0. The van der Waals surface area contributed by atoms with Gasteiger partial charge in [-0.25, -0.2) is 0 Å². The third-order valence-electron chi connectivity index (χ3n) is 4.33. The number of aromatic nitrogens is 3. The molecule has 2 aromatic rings. The van der Waals surface area contributed by atoms with Crippen LogP contribution in [0.3, 0.4) is 0 Å². The molecule has 1 atom stereocenters. The second-order valence-corrected chi connectivity index (χ2v) is 5.88. The van der Waals surface area contributed by atoms with E-state index in [2.05, 4.69) is 27.3 Å². The van der Waals surface area contributed by atoms with Crippen LogP contribution in [-0.2, 0) is 13.6 Å². The Hall–Kier alpha value is -2.08. The number of hydrogen-bond acceptors (Lipinski definition) is 5. The van der Waals surface area contributed by atoms with Crippen LogP contribution >= 0.6 is 0 Å². The Morgan fingerprint density at radius 1 is 1.27 bits per heavy atom. The quantitative estimate of drug-likeness (QED) is 0.867. The predicted octanol–water partition coefficient (Wildman–Crippen LogP) is 1.92. The minimum Gasteiger partial charge on any atom is -0.486 e. The normalized spacial score (nSPS) is 21.2. The van der Waals surface area contributed by atoms with E-state index in [1.54, 1.807) is 4.68 Å². The second kappa shape index (κ2) is 5.61. The molecule has 1 fully saturated rings. The van der Waals surface area contributed by atoms with E-state index in [-0.39, 0.29) is 0 Å². The van der Waals surface area contributed by atoms with Gasteiger partial charge in [-0.15, -0.1) is 5.10 Å². The first-order chi connectivity index (χ1) is 10.8. The summed E-state index contributed by atoms with van der Waals surface area (Å²) in [7, 11) is 1.90. The molecule has 3 heterocycles. The van der Waals surface area contributed by atoms with Gasteiger partial charge in [-0.1, -0.05) is 17.3 Å². The van der Waals surface area contributed by atoms with Crippen LogP contribution in [0.2, 0.25) is 0 Å². The van der Waals surface area contributed by atoms with Gasteiger partial charge in [-0.3, -0.25) is 9.58 Å². The molecule has 2 aliphatic heterocycles. The molecule has 6 nitrogen and oxygen atoms in total. The van der Waals surface area contributed by atoms with Crippen molar-refractivity contribution < 1.29 is 9.47 Å². The van der Waals surface area contributed by atoms with Gasteiger partial charge in [0.25, 0.3) is 0 Å². The fourth-order valence-corrected chi connectivity index (χ4v) is 3.40. The van der Waals surface area contributed by atoms with Gasteiger partial charge in [0.05, 0.1) is 5.69 Å². The van der Waals surface area contributed by atoms with Crippen molar-refractivity contribution in [1.29, 1.82) is 0 Å². The van der Waals surface area contributed by atoms with Crippen LogP contribution in [0.1, 0.15) is 30.1 Å². The van der Waals surface area contributed by atoms with Crippen LogP contribution in [0.5, 0.6) is 11.5 Å². The van der Waals surface area contributed by atoms with Gasteiger partial charge in [-0.05, 0) is 25.5 Å². The fourth-order valence-electron chi connectivity index (χ4n) is 3.40. The van der Waals surface area contributed by atoms with Crippen LogP contribution < -0.4 is 9.47 Å². The highest BCUT2D eigenvalue weighted by atomic mass is 16.6. The van der Waals surface area contributed by atoms with Crippen molar-refractivity contribution in [1.82, 2.24) is 19.9 Å². The largest absolute Gasteiger partial charge is 0.486 e. The van der Waals surface area contributed by atoms with E-state index in [0.29, 0.717) is 19.3 Å². The summed E-state index contributed by atoms with van der Waals surface area (Å²) in [6.45, 7) is 3.15. The van der Waals surface area contributed by atoms with Crippen LogP contribution in [-0.4, -0.2) is 39.7 Å². The van der Waals surface area contributed by atoms with Crippen molar-refractivity contribution in [2.24, 2.45) is 7.05 Å². The van der Waals surface area contributed by atoms with E-state index in [9.17, 15) is 0 Å². The first-order valence-electron chi connectivity index (χ1n) is 7.79. The maximum Gasteiger partial charge on any atom is 0.166 e. The Morgan fingerprint density at radius 2 is 2.18 bits per heavy atom. The molecule has 1 aromatic carbocycles. The average molecular weight is 300 g/mol. The lowest BCUT2D eigenvalue weighted by molar-refractivity contribution is 0.163.